The van der Waals surface area contributed by atoms with Crippen molar-refractivity contribution in [3.8, 4) is 5.75 Å². The fourth-order valence-corrected chi connectivity index (χ4v) is 3.10. The first kappa shape index (κ1) is 21.8. The van der Waals surface area contributed by atoms with Crippen molar-refractivity contribution < 1.29 is 22.7 Å². The third kappa shape index (κ3) is 5.99. The molecule has 1 saturated heterocycles. The van der Waals surface area contributed by atoms with E-state index < -0.39 is 24.7 Å². The molecular weight excluding hydrogens is 383 g/mol. The number of ether oxygens (including phenoxy) is 1. The van der Waals surface area contributed by atoms with Gasteiger partial charge in [-0.1, -0.05) is 0 Å². The van der Waals surface area contributed by atoms with E-state index in [1.54, 1.807) is 24.3 Å². The van der Waals surface area contributed by atoms with Crippen LogP contribution in [0.3, 0.4) is 0 Å². The van der Waals surface area contributed by atoms with E-state index in [9.17, 15) is 18.0 Å². The number of halogens is 4. The molecule has 9 heteroatoms. The summed E-state index contributed by atoms with van der Waals surface area (Å²) in [7, 11) is 0. The molecule has 1 aromatic rings. The minimum Gasteiger partial charge on any atom is -0.490 e. The van der Waals surface area contributed by atoms with Crippen LogP contribution in [-0.2, 0) is 0 Å². The Morgan fingerprint density at radius 1 is 1.22 bits per heavy atom. The molecule has 0 bridgehead atoms. The average Bonchev–Trinajstić information content (AvgIpc) is 2.58. The number of hydrogen-bond donors (Lipinski definition) is 2. The third-order valence-electron chi connectivity index (χ3n) is 4.90. The van der Waals surface area contributed by atoms with Gasteiger partial charge in [-0.25, -0.2) is 0 Å². The second-order valence-electron chi connectivity index (χ2n) is 6.75. The Hall–Kier alpha value is -1.51. The largest absolute Gasteiger partial charge is 0.490 e. The number of piperazine rings is 1. The van der Waals surface area contributed by atoms with Crippen molar-refractivity contribution in [3.05, 3.63) is 29.8 Å². The van der Waals surface area contributed by atoms with Gasteiger partial charge in [0.2, 0.25) is 0 Å². The van der Waals surface area contributed by atoms with E-state index in [4.69, 9.17) is 4.74 Å². The molecule has 1 aliphatic carbocycles. The number of hydrogen-bond acceptors (Lipinski definition) is 4. The van der Waals surface area contributed by atoms with E-state index in [1.807, 2.05) is 0 Å². The maximum atomic E-state index is 13.3. The minimum atomic E-state index is -4.38. The van der Waals surface area contributed by atoms with Gasteiger partial charge in [-0.3, -0.25) is 9.69 Å². The molecule has 2 aliphatic rings. The Morgan fingerprint density at radius 3 is 2.37 bits per heavy atom. The molecule has 1 aliphatic heterocycles. The zero-order valence-electron chi connectivity index (χ0n) is 14.9. The Labute approximate surface area is 163 Å². The molecule has 2 fully saturated rings. The lowest BCUT2D eigenvalue weighted by molar-refractivity contribution is -0.183. The Morgan fingerprint density at radius 2 is 1.85 bits per heavy atom. The van der Waals surface area contributed by atoms with Crippen LogP contribution >= 0.6 is 12.4 Å². The van der Waals surface area contributed by atoms with Crippen molar-refractivity contribution in [1.82, 2.24) is 15.5 Å². The quantitative estimate of drug-likeness (QED) is 0.761. The van der Waals surface area contributed by atoms with Gasteiger partial charge in [0.05, 0.1) is 6.10 Å². The standard InChI is InChI=1S/C18H24F3N3O2.ClH/c19-18(20,21)16(24-10-8-22-9-11-24)12-23-17(25)13-4-6-15(7-5-13)26-14-2-1-3-14;/h4-7,14,16,22H,1-3,8-12H2,(H,23,25);1H. The van der Waals surface area contributed by atoms with Crippen LogP contribution in [0.5, 0.6) is 5.75 Å². The van der Waals surface area contributed by atoms with Crippen LogP contribution in [0.2, 0.25) is 0 Å². The van der Waals surface area contributed by atoms with E-state index in [2.05, 4.69) is 10.6 Å². The lowest BCUT2D eigenvalue weighted by Gasteiger charge is -2.35. The predicted octanol–water partition coefficient (Wildman–Crippen LogP) is 2.61. The Kier molecular flexibility index (Phi) is 7.76. The number of rotatable bonds is 6. The number of nitrogens with one attached hydrogen (secondary N) is 2. The number of nitrogens with zero attached hydrogens (tertiary/aromatic N) is 1. The van der Waals surface area contributed by atoms with Crippen molar-refractivity contribution >= 4 is 18.3 Å². The van der Waals surface area contributed by atoms with Crippen LogP contribution in [0.25, 0.3) is 0 Å². The minimum absolute atomic E-state index is 0. The molecule has 1 unspecified atom stereocenters. The molecule has 1 saturated carbocycles. The molecule has 3 rings (SSSR count). The predicted molar refractivity (Wildman–Crippen MR) is 98.6 cm³/mol. The van der Waals surface area contributed by atoms with Gasteiger partial charge in [0.15, 0.2) is 0 Å². The monoisotopic (exact) mass is 407 g/mol. The number of carbonyl (C=O) groups excluding carboxylic acids is 1. The smallest absolute Gasteiger partial charge is 0.405 e. The van der Waals surface area contributed by atoms with Gasteiger partial charge in [-0.2, -0.15) is 13.2 Å². The van der Waals surface area contributed by atoms with Gasteiger partial charge < -0.3 is 15.4 Å². The van der Waals surface area contributed by atoms with Crippen molar-refractivity contribution in [2.24, 2.45) is 0 Å². The summed E-state index contributed by atoms with van der Waals surface area (Å²) >= 11 is 0. The molecular formula is C18H25ClF3N3O2. The van der Waals surface area contributed by atoms with Gasteiger partial charge in [-0.05, 0) is 43.5 Å². The van der Waals surface area contributed by atoms with Gasteiger partial charge in [-0.15, -0.1) is 12.4 Å². The summed E-state index contributed by atoms with van der Waals surface area (Å²) in [5.41, 5.74) is 0.326. The normalized spacial score (nSPS) is 19.5. The molecule has 1 aromatic carbocycles. The van der Waals surface area contributed by atoms with Gasteiger partial charge in [0.25, 0.3) is 5.91 Å². The molecule has 5 nitrogen and oxygen atoms in total. The van der Waals surface area contributed by atoms with Gasteiger partial charge in [0.1, 0.15) is 11.8 Å². The highest BCUT2D eigenvalue weighted by molar-refractivity contribution is 5.94. The van der Waals surface area contributed by atoms with Gasteiger partial charge >= 0.3 is 6.18 Å². The number of benzene rings is 1. The first-order valence-electron chi connectivity index (χ1n) is 9.00. The summed E-state index contributed by atoms with van der Waals surface area (Å²) < 4.78 is 45.7. The molecule has 0 aromatic heterocycles. The van der Waals surface area contributed by atoms with E-state index >= 15 is 0 Å². The summed E-state index contributed by atoms with van der Waals surface area (Å²) in [5, 5.41) is 5.45. The van der Waals surface area contributed by atoms with Crippen molar-refractivity contribution in [2.75, 3.05) is 32.7 Å². The molecule has 1 heterocycles. The lowest BCUT2D eigenvalue weighted by atomic mass is 9.96. The van der Waals surface area contributed by atoms with E-state index in [1.165, 1.54) is 11.3 Å². The van der Waals surface area contributed by atoms with Gasteiger partial charge in [0, 0.05) is 38.3 Å². The number of carbonyl (C=O) groups is 1. The molecule has 1 atom stereocenters. The van der Waals surface area contributed by atoms with Crippen molar-refractivity contribution in [3.63, 3.8) is 0 Å². The zero-order chi connectivity index (χ0) is 18.6. The van der Waals surface area contributed by atoms with Crippen LogP contribution in [0.15, 0.2) is 24.3 Å². The Bertz CT molecular complexity index is 603. The summed E-state index contributed by atoms with van der Waals surface area (Å²) in [5.74, 6) is 0.171. The molecule has 27 heavy (non-hydrogen) atoms. The highest BCUT2D eigenvalue weighted by Gasteiger charge is 2.43. The topological polar surface area (TPSA) is 53.6 Å². The Balaban J connectivity index is 0.00000261. The highest BCUT2D eigenvalue weighted by atomic mass is 35.5. The van der Waals surface area contributed by atoms with Crippen LogP contribution in [0.4, 0.5) is 13.2 Å². The summed E-state index contributed by atoms with van der Waals surface area (Å²) in [6.45, 7) is 1.20. The highest BCUT2D eigenvalue weighted by Crippen LogP contribution is 2.26. The zero-order valence-corrected chi connectivity index (χ0v) is 15.7. The fourth-order valence-electron chi connectivity index (χ4n) is 3.10. The second-order valence-corrected chi connectivity index (χ2v) is 6.75. The van der Waals surface area contributed by atoms with E-state index in [0.717, 1.165) is 12.8 Å². The number of amides is 1. The first-order valence-corrected chi connectivity index (χ1v) is 9.00. The summed E-state index contributed by atoms with van der Waals surface area (Å²) in [4.78, 5) is 13.6. The average molecular weight is 408 g/mol. The van der Waals surface area contributed by atoms with Crippen molar-refractivity contribution in [2.45, 2.75) is 37.6 Å². The van der Waals surface area contributed by atoms with Crippen LogP contribution < -0.4 is 15.4 Å². The lowest BCUT2D eigenvalue weighted by Crippen LogP contribution is -2.57. The third-order valence-corrected chi connectivity index (χ3v) is 4.90. The summed E-state index contributed by atoms with van der Waals surface area (Å²) in [6.07, 6.45) is -0.912. The SMILES string of the molecule is Cl.O=C(NCC(N1CCNCC1)C(F)(F)F)c1ccc(OC2CCC2)cc1. The first-order chi connectivity index (χ1) is 12.4. The fraction of sp³-hybridized carbons (Fsp3) is 0.611. The van der Waals surface area contributed by atoms with E-state index in [-0.39, 0.29) is 18.5 Å². The maximum absolute atomic E-state index is 13.3. The molecule has 0 radical (unpaired) electrons. The molecule has 152 valence electrons. The molecule has 1 amide bonds. The number of alkyl halides is 3. The summed E-state index contributed by atoms with van der Waals surface area (Å²) in [6, 6.07) is 4.86. The molecule has 0 spiro atoms. The van der Waals surface area contributed by atoms with Crippen molar-refractivity contribution in [1.29, 1.82) is 0 Å². The molecule has 2 N–H and O–H groups in total. The van der Waals surface area contributed by atoms with Crippen LogP contribution in [0.1, 0.15) is 29.6 Å². The van der Waals surface area contributed by atoms with Crippen LogP contribution in [0, 0.1) is 0 Å². The van der Waals surface area contributed by atoms with E-state index in [0.29, 0.717) is 37.5 Å². The second kappa shape index (κ2) is 9.61. The van der Waals surface area contributed by atoms with Crippen LogP contribution in [-0.4, -0.2) is 61.9 Å². The maximum Gasteiger partial charge on any atom is 0.405 e.